The Balaban J connectivity index is 2.47. The van der Waals surface area contributed by atoms with Crippen LogP contribution in [0.2, 0.25) is 10.0 Å². The van der Waals surface area contributed by atoms with Crippen molar-refractivity contribution in [1.82, 2.24) is 4.98 Å². The molecule has 2 aromatic rings. The molecule has 0 aliphatic heterocycles. The molecule has 1 heterocycles. The summed E-state index contributed by atoms with van der Waals surface area (Å²) in [5.41, 5.74) is 0.351. The molecule has 0 bridgehead atoms. The third-order valence-corrected chi connectivity index (χ3v) is 4.13. The third kappa shape index (κ3) is 2.79. The Hall–Kier alpha value is -1.41. The second kappa shape index (κ2) is 5.70. The molecule has 0 saturated carbocycles. The molecular formula is C13H8Cl2N2OS. The average molecular weight is 311 g/mol. The zero-order chi connectivity index (χ0) is 14.0. The van der Waals surface area contributed by atoms with E-state index in [-0.39, 0.29) is 5.78 Å². The van der Waals surface area contributed by atoms with E-state index in [2.05, 4.69) is 4.98 Å². The molecule has 96 valence electrons. The molecule has 1 aromatic heterocycles. The number of Topliss-reactive ketones (excluding diaryl/α,β-unsaturated/α-hetero) is 1. The van der Waals surface area contributed by atoms with Crippen LogP contribution in [0.1, 0.15) is 26.2 Å². The summed E-state index contributed by atoms with van der Waals surface area (Å²) in [6, 6.07) is 6.86. The van der Waals surface area contributed by atoms with Gasteiger partial charge in [-0.15, -0.1) is 11.3 Å². The van der Waals surface area contributed by atoms with Crippen molar-refractivity contribution in [1.29, 1.82) is 5.26 Å². The Morgan fingerprint density at radius 2 is 2.05 bits per heavy atom. The van der Waals surface area contributed by atoms with Crippen molar-refractivity contribution in [3.8, 4) is 6.07 Å². The second-order valence-electron chi connectivity index (χ2n) is 3.81. The monoisotopic (exact) mass is 310 g/mol. The van der Waals surface area contributed by atoms with Crippen LogP contribution in [0.25, 0.3) is 0 Å². The normalized spacial score (nSPS) is 11.9. The number of nitrogens with zero attached hydrogens (tertiary/aromatic N) is 2. The van der Waals surface area contributed by atoms with Crippen molar-refractivity contribution >= 4 is 40.3 Å². The number of halogens is 2. The van der Waals surface area contributed by atoms with Crippen molar-refractivity contribution < 1.29 is 4.79 Å². The highest BCUT2D eigenvalue weighted by atomic mass is 35.5. The number of aromatic nitrogens is 1. The van der Waals surface area contributed by atoms with Crippen molar-refractivity contribution in [2.45, 2.75) is 12.8 Å². The lowest BCUT2D eigenvalue weighted by atomic mass is 9.95. The Bertz CT molecular complexity index is 655. The van der Waals surface area contributed by atoms with Gasteiger partial charge >= 0.3 is 0 Å². The first-order valence-electron chi connectivity index (χ1n) is 5.34. The van der Waals surface area contributed by atoms with Crippen molar-refractivity contribution in [3.05, 3.63) is 49.9 Å². The van der Waals surface area contributed by atoms with Crippen molar-refractivity contribution in [2.75, 3.05) is 0 Å². The van der Waals surface area contributed by atoms with E-state index in [1.165, 1.54) is 17.5 Å². The van der Waals surface area contributed by atoms with Gasteiger partial charge in [0.05, 0.1) is 16.0 Å². The highest BCUT2D eigenvalue weighted by Crippen LogP contribution is 2.34. The van der Waals surface area contributed by atoms with Crippen LogP contribution in [-0.2, 0) is 0 Å². The van der Waals surface area contributed by atoms with E-state index in [4.69, 9.17) is 23.2 Å². The molecule has 0 N–H and O–H groups in total. The quantitative estimate of drug-likeness (QED) is 0.796. The molecule has 2 rings (SSSR count). The Morgan fingerprint density at radius 1 is 1.42 bits per heavy atom. The molecule has 0 aliphatic carbocycles. The minimum absolute atomic E-state index is 0.314. The fourth-order valence-corrected chi connectivity index (χ4v) is 3.02. The van der Waals surface area contributed by atoms with E-state index in [1.807, 2.05) is 6.07 Å². The minimum atomic E-state index is -1.01. The van der Waals surface area contributed by atoms with Crippen LogP contribution in [0.3, 0.4) is 0 Å². The number of aryl methyl sites for hydroxylation is 1. The SMILES string of the molecule is Cc1ncc(C(=O)C(C#N)c2c(Cl)cccc2Cl)s1. The molecule has 3 nitrogen and oxygen atoms in total. The Morgan fingerprint density at radius 3 is 2.53 bits per heavy atom. The molecule has 1 atom stereocenters. The number of rotatable bonds is 3. The zero-order valence-corrected chi connectivity index (χ0v) is 12.2. The second-order valence-corrected chi connectivity index (χ2v) is 5.85. The summed E-state index contributed by atoms with van der Waals surface area (Å²) in [6.07, 6.45) is 1.47. The van der Waals surface area contributed by atoms with Gasteiger partial charge in [-0.25, -0.2) is 4.98 Å². The van der Waals surface area contributed by atoms with Crippen LogP contribution < -0.4 is 0 Å². The van der Waals surface area contributed by atoms with Gasteiger partial charge in [-0.05, 0) is 19.1 Å². The van der Waals surface area contributed by atoms with Crippen LogP contribution >= 0.6 is 34.5 Å². The lowest BCUT2D eigenvalue weighted by Crippen LogP contribution is -2.11. The van der Waals surface area contributed by atoms with Crippen molar-refractivity contribution in [3.63, 3.8) is 0 Å². The van der Waals surface area contributed by atoms with Gasteiger partial charge in [0.2, 0.25) is 0 Å². The predicted octanol–water partition coefficient (Wildman–Crippen LogP) is 4.25. The number of thiazole rings is 1. The number of nitriles is 1. The maximum Gasteiger partial charge on any atom is 0.196 e. The Kier molecular flexibility index (Phi) is 4.20. The summed E-state index contributed by atoms with van der Waals surface area (Å²) in [4.78, 5) is 16.8. The van der Waals surface area contributed by atoms with Gasteiger partial charge in [-0.2, -0.15) is 5.26 Å². The van der Waals surface area contributed by atoms with Gasteiger partial charge < -0.3 is 0 Å². The fourth-order valence-electron chi connectivity index (χ4n) is 1.66. The molecule has 6 heteroatoms. The van der Waals surface area contributed by atoms with Gasteiger partial charge in [0.15, 0.2) is 5.78 Å². The van der Waals surface area contributed by atoms with E-state index in [0.717, 1.165) is 5.01 Å². The molecule has 0 radical (unpaired) electrons. The van der Waals surface area contributed by atoms with Crippen LogP contribution in [0.5, 0.6) is 0 Å². The number of ketones is 1. The van der Waals surface area contributed by atoms with E-state index in [9.17, 15) is 10.1 Å². The largest absolute Gasteiger partial charge is 0.291 e. The number of carbonyl (C=O) groups is 1. The maximum atomic E-state index is 12.3. The van der Waals surface area contributed by atoms with Gasteiger partial charge in [0.25, 0.3) is 0 Å². The van der Waals surface area contributed by atoms with Crippen molar-refractivity contribution in [2.24, 2.45) is 0 Å². The lowest BCUT2D eigenvalue weighted by Gasteiger charge is -2.11. The van der Waals surface area contributed by atoms with E-state index < -0.39 is 5.92 Å². The van der Waals surface area contributed by atoms with Crippen LogP contribution in [0.4, 0.5) is 0 Å². The molecule has 0 spiro atoms. The molecule has 1 unspecified atom stereocenters. The van der Waals surface area contributed by atoms with Gasteiger partial charge in [-0.1, -0.05) is 29.3 Å². The predicted molar refractivity (Wildman–Crippen MR) is 76.0 cm³/mol. The summed E-state index contributed by atoms with van der Waals surface area (Å²) < 4.78 is 0. The first-order valence-corrected chi connectivity index (χ1v) is 6.92. The third-order valence-electron chi connectivity index (χ3n) is 2.54. The number of carbonyl (C=O) groups excluding carboxylic acids is 1. The molecule has 1 aromatic carbocycles. The van der Waals surface area contributed by atoms with E-state index >= 15 is 0 Å². The Labute approximate surface area is 124 Å². The summed E-state index contributed by atoms with van der Waals surface area (Å²) in [7, 11) is 0. The van der Waals surface area contributed by atoms with Gasteiger partial charge in [-0.3, -0.25) is 4.79 Å². The smallest absolute Gasteiger partial charge is 0.196 e. The summed E-state index contributed by atoms with van der Waals surface area (Å²) in [5, 5.41) is 10.7. The fraction of sp³-hybridized carbons (Fsp3) is 0.154. The summed E-state index contributed by atoms with van der Waals surface area (Å²) in [5.74, 6) is -1.34. The first kappa shape index (κ1) is 14.0. The zero-order valence-electron chi connectivity index (χ0n) is 9.85. The molecule has 0 amide bonds. The van der Waals surface area contributed by atoms with Crippen LogP contribution in [0.15, 0.2) is 24.4 Å². The maximum absolute atomic E-state index is 12.3. The van der Waals surface area contributed by atoms with Crippen LogP contribution in [-0.4, -0.2) is 10.8 Å². The molecule has 0 fully saturated rings. The highest BCUT2D eigenvalue weighted by Gasteiger charge is 2.27. The highest BCUT2D eigenvalue weighted by molar-refractivity contribution is 7.13. The summed E-state index contributed by atoms with van der Waals surface area (Å²) in [6.45, 7) is 1.80. The van der Waals surface area contributed by atoms with Crippen LogP contribution in [0, 0.1) is 18.3 Å². The van der Waals surface area contributed by atoms with Gasteiger partial charge in [0, 0.05) is 21.8 Å². The van der Waals surface area contributed by atoms with E-state index in [0.29, 0.717) is 20.5 Å². The molecule has 0 aliphatic rings. The standard InChI is InChI=1S/C13H8Cl2N2OS/c1-7-17-6-11(19-7)13(18)8(5-16)12-9(14)3-2-4-10(12)15/h2-4,6,8H,1H3. The topological polar surface area (TPSA) is 53.8 Å². The number of hydrogen-bond donors (Lipinski definition) is 0. The van der Waals surface area contributed by atoms with Gasteiger partial charge in [0.1, 0.15) is 5.92 Å². The lowest BCUT2D eigenvalue weighted by molar-refractivity contribution is 0.0982. The van der Waals surface area contributed by atoms with E-state index in [1.54, 1.807) is 25.1 Å². The molecule has 19 heavy (non-hydrogen) atoms. The summed E-state index contributed by atoms with van der Waals surface area (Å²) >= 11 is 13.3. The first-order chi connectivity index (χ1) is 9.04. The molecule has 0 saturated heterocycles. The minimum Gasteiger partial charge on any atom is -0.291 e. The number of benzene rings is 1. The number of hydrogen-bond acceptors (Lipinski definition) is 4. The molecular weight excluding hydrogens is 303 g/mol. The average Bonchev–Trinajstić information content (AvgIpc) is 2.80.